The molecule has 0 spiro atoms. The number of carbonyl (C=O) groups excluding carboxylic acids is 1. The lowest BCUT2D eigenvalue weighted by molar-refractivity contribution is -0.384. The van der Waals surface area contributed by atoms with Crippen LogP contribution in [0.15, 0.2) is 48.5 Å². The van der Waals surface area contributed by atoms with Crippen LogP contribution in [0, 0.1) is 10.1 Å². The molecule has 6 nitrogen and oxygen atoms in total. The van der Waals surface area contributed by atoms with Gasteiger partial charge < -0.3 is 9.47 Å². The van der Waals surface area contributed by atoms with Gasteiger partial charge in [-0.1, -0.05) is 6.08 Å². The van der Waals surface area contributed by atoms with Crippen LogP contribution < -0.4 is 9.47 Å². The molecule has 0 radical (unpaired) electrons. The van der Waals surface area contributed by atoms with Gasteiger partial charge in [-0.15, -0.1) is 0 Å². The van der Waals surface area contributed by atoms with Crippen molar-refractivity contribution in [3.8, 4) is 11.5 Å². The second-order valence-corrected chi connectivity index (χ2v) is 4.65. The van der Waals surface area contributed by atoms with Crippen molar-refractivity contribution < 1.29 is 19.2 Å². The molecule has 2 aromatic carbocycles. The minimum absolute atomic E-state index is 0.0527. The van der Waals surface area contributed by atoms with E-state index in [1.165, 1.54) is 30.3 Å². The van der Waals surface area contributed by atoms with Crippen LogP contribution in [0.2, 0.25) is 0 Å². The molecule has 0 aliphatic carbocycles. The van der Waals surface area contributed by atoms with Crippen molar-refractivity contribution in [2.24, 2.45) is 0 Å². The van der Waals surface area contributed by atoms with Gasteiger partial charge in [-0.2, -0.15) is 0 Å². The molecule has 0 aliphatic heterocycles. The quantitative estimate of drug-likeness (QED) is 0.353. The average molecular weight is 313 g/mol. The Bertz CT molecular complexity index is 728. The molecule has 2 aromatic rings. The first-order valence-electron chi connectivity index (χ1n) is 6.73. The van der Waals surface area contributed by atoms with Gasteiger partial charge in [0.05, 0.1) is 19.1 Å². The third-order valence-corrected chi connectivity index (χ3v) is 3.16. The molecule has 118 valence electrons. The number of rotatable bonds is 6. The van der Waals surface area contributed by atoms with Crippen LogP contribution in [-0.2, 0) is 0 Å². The number of nitrogens with zero attached hydrogens (tertiary/aromatic N) is 1. The lowest BCUT2D eigenvalue weighted by Crippen LogP contribution is -1.95. The Hall–Kier alpha value is -3.15. The number of allylic oxidation sites excluding steroid dienone is 1. The highest BCUT2D eigenvalue weighted by molar-refractivity contribution is 6.06. The number of hydrogen-bond acceptors (Lipinski definition) is 5. The van der Waals surface area contributed by atoms with E-state index < -0.39 is 4.92 Å². The first-order chi connectivity index (χ1) is 11.0. The number of methoxy groups -OCH3 is 2. The van der Waals surface area contributed by atoms with Gasteiger partial charge in [0.15, 0.2) is 5.78 Å². The molecular formula is C17H15NO5. The highest BCUT2D eigenvalue weighted by Gasteiger charge is 2.07. The summed E-state index contributed by atoms with van der Waals surface area (Å²) in [5.74, 6) is 0.986. The molecule has 2 rings (SSSR count). The molecule has 0 fully saturated rings. The van der Waals surface area contributed by atoms with E-state index in [1.54, 1.807) is 38.5 Å². The molecule has 0 unspecified atom stereocenters. The third-order valence-electron chi connectivity index (χ3n) is 3.16. The van der Waals surface area contributed by atoms with Crippen molar-refractivity contribution in [2.45, 2.75) is 0 Å². The van der Waals surface area contributed by atoms with Crippen LogP contribution in [0.5, 0.6) is 11.5 Å². The zero-order chi connectivity index (χ0) is 16.8. The highest BCUT2D eigenvalue weighted by atomic mass is 16.6. The molecular weight excluding hydrogens is 298 g/mol. The summed E-state index contributed by atoms with van der Waals surface area (Å²) in [7, 11) is 3.09. The lowest BCUT2D eigenvalue weighted by atomic mass is 10.1. The van der Waals surface area contributed by atoms with Gasteiger partial charge in [-0.05, 0) is 35.9 Å². The molecule has 6 heteroatoms. The van der Waals surface area contributed by atoms with Crippen LogP contribution in [0.3, 0.4) is 0 Å². The Kier molecular flexibility index (Phi) is 5.09. The van der Waals surface area contributed by atoms with Gasteiger partial charge in [-0.25, -0.2) is 0 Å². The van der Waals surface area contributed by atoms with Crippen molar-refractivity contribution in [1.29, 1.82) is 0 Å². The second-order valence-electron chi connectivity index (χ2n) is 4.65. The zero-order valence-electron chi connectivity index (χ0n) is 12.7. The van der Waals surface area contributed by atoms with Crippen LogP contribution >= 0.6 is 0 Å². The van der Waals surface area contributed by atoms with E-state index in [0.717, 1.165) is 5.56 Å². The predicted molar refractivity (Wildman–Crippen MR) is 86.0 cm³/mol. The second kappa shape index (κ2) is 7.22. The maximum atomic E-state index is 12.1. The number of carbonyl (C=O) groups is 1. The van der Waals surface area contributed by atoms with Gasteiger partial charge in [-0.3, -0.25) is 14.9 Å². The number of hydrogen-bond donors (Lipinski definition) is 0. The Labute approximate surface area is 133 Å². The van der Waals surface area contributed by atoms with Crippen LogP contribution in [0.1, 0.15) is 15.9 Å². The van der Waals surface area contributed by atoms with E-state index >= 15 is 0 Å². The molecule has 23 heavy (non-hydrogen) atoms. The maximum Gasteiger partial charge on any atom is 0.269 e. The summed E-state index contributed by atoms with van der Waals surface area (Å²) in [6, 6.07) is 10.7. The summed E-state index contributed by atoms with van der Waals surface area (Å²) in [5, 5.41) is 10.6. The molecule has 0 amide bonds. The summed E-state index contributed by atoms with van der Waals surface area (Å²) < 4.78 is 10.3. The number of nitro benzene ring substituents is 1. The first kappa shape index (κ1) is 16.2. The first-order valence-corrected chi connectivity index (χ1v) is 6.73. The normalized spacial score (nSPS) is 10.5. The molecule has 0 aliphatic rings. The summed E-state index contributed by atoms with van der Waals surface area (Å²) in [6.45, 7) is 0. The van der Waals surface area contributed by atoms with Crippen molar-refractivity contribution in [1.82, 2.24) is 0 Å². The fourth-order valence-corrected chi connectivity index (χ4v) is 1.94. The van der Waals surface area contributed by atoms with E-state index in [1.807, 2.05) is 0 Å². The largest absolute Gasteiger partial charge is 0.497 e. The van der Waals surface area contributed by atoms with Crippen LogP contribution in [0.25, 0.3) is 6.08 Å². The Morgan fingerprint density at radius 2 is 1.61 bits per heavy atom. The number of nitro groups is 1. The summed E-state index contributed by atoms with van der Waals surface area (Å²) in [5.41, 5.74) is 1.07. The SMILES string of the molecule is COc1cc(C=CC(=O)c2ccc([N+](=O)[O-])cc2)cc(OC)c1. The summed E-state index contributed by atoms with van der Waals surface area (Å²) >= 11 is 0. The summed E-state index contributed by atoms with van der Waals surface area (Å²) in [6.07, 6.45) is 3.03. The van der Waals surface area contributed by atoms with Crippen molar-refractivity contribution >= 4 is 17.5 Å². The number of benzene rings is 2. The van der Waals surface area contributed by atoms with Gasteiger partial charge in [0.2, 0.25) is 0 Å². The fourth-order valence-electron chi connectivity index (χ4n) is 1.94. The van der Waals surface area contributed by atoms with Gasteiger partial charge in [0.1, 0.15) is 11.5 Å². The monoisotopic (exact) mass is 313 g/mol. The standard InChI is InChI=1S/C17H15NO5/c1-22-15-9-12(10-16(11-15)23-2)3-8-17(19)13-4-6-14(7-5-13)18(20)21/h3-11H,1-2H3. The Morgan fingerprint density at radius 1 is 1.04 bits per heavy atom. The molecule has 0 bridgehead atoms. The van der Waals surface area contributed by atoms with Crippen LogP contribution in [-0.4, -0.2) is 24.9 Å². The van der Waals surface area contributed by atoms with E-state index in [9.17, 15) is 14.9 Å². The van der Waals surface area contributed by atoms with Gasteiger partial charge >= 0.3 is 0 Å². The van der Waals surface area contributed by atoms with Gasteiger partial charge in [0, 0.05) is 23.8 Å². The molecule has 0 saturated heterocycles. The molecule has 0 atom stereocenters. The number of non-ortho nitro benzene ring substituents is 1. The van der Waals surface area contributed by atoms with Crippen molar-refractivity contribution in [3.05, 3.63) is 69.8 Å². The molecule has 0 heterocycles. The topological polar surface area (TPSA) is 78.7 Å². The smallest absolute Gasteiger partial charge is 0.269 e. The lowest BCUT2D eigenvalue weighted by Gasteiger charge is -2.05. The maximum absolute atomic E-state index is 12.1. The van der Waals surface area contributed by atoms with E-state index in [4.69, 9.17) is 9.47 Å². The van der Waals surface area contributed by atoms with E-state index in [0.29, 0.717) is 17.1 Å². The highest BCUT2D eigenvalue weighted by Crippen LogP contribution is 2.23. The number of ketones is 1. The number of ether oxygens (including phenoxy) is 2. The molecule has 0 saturated carbocycles. The van der Waals surface area contributed by atoms with Gasteiger partial charge in [0.25, 0.3) is 5.69 Å². The minimum Gasteiger partial charge on any atom is -0.497 e. The fraction of sp³-hybridized carbons (Fsp3) is 0.118. The predicted octanol–water partition coefficient (Wildman–Crippen LogP) is 3.51. The molecule has 0 aromatic heterocycles. The van der Waals surface area contributed by atoms with E-state index in [2.05, 4.69) is 0 Å². The van der Waals surface area contributed by atoms with Crippen LogP contribution in [0.4, 0.5) is 5.69 Å². The average Bonchev–Trinajstić information content (AvgIpc) is 2.59. The third kappa shape index (κ3) is 4.16. The molecule has 0 N–H and O–H groups in total. The summed E-state index contributed by atoms with van der Waals surface area (Å²) in [4.78, 5) is 22.2. The van der Waals surface area contributed by atoms with Crippen molar-refractivity contribution in [3.63, 3.8) is 0 Å². The van der Waals surface area contributed by atoms with Crippen molar-refractivity contribution in [2.75, 3.05) is 14.2 Å². The Balaban J connectivity index is 2.19. The zero-order valence-corrected chi connectivity index (χ0v) is 12.7. The minimum atomic E-state index is -0.507. The Morgan fingerprint density at radius 3 is 2.09 bits per heavy atom. The van der Waals surface area contributed by atoms with E-state index in [-0.39, 0.29) is 11.5 Å².